The zero-order valence-corrected chi connectivity index (χ0v) is 31.0. The minimum Gasteiger partial charge on any atom is -0.486 e. The van der Waals surface area contributed by atoms with Crippen molar-refractivity contribution in [2.75, 3.05) is 13.1 Å². The predicted molar refractivity (Wildman–Crippen MR) is 188 cm³/mol. The summed E-state index contributed by atoms with van der Waals surface area (Å²) >= 11 is 0. The van der Waals surface area contributed by atoms with Gasteiger partial charge in [-0.3, -0.25) is 4.79 Å². The number of likely N-dealkylation sites (tertiary alicyclic amines) is 1. The molecule has 7 rings (SSSR count). The predicted octanol–water partition coefficient (Wildman–Crippen LogP) is 7.06. The molecule has 0 N–H and O–H groups in total. The van der Waals surface area contributed by atoms with Gasteiger partial charge in [-0.05, 0) is 108 Å². The first kappa shape index (κ1) is 36.2. The van der Waals surface area contributed by atoms with Crippen LogP contribution in [0.15, 0.2) is 42.5 Å². The van der Waals surface area contributed by atoms with E-state index in [1.165, 1.54) is 0 Å². The minimum absolute atomic E-state index is 0.00136. The van der Waals surface area contributed by atoms with Crippen LogP contribution in [0.25, 0.3) is 0 Å². The highest BCUT2D eigenvalue weighted by Gasteiger charge is 2.67. The van der Waals surface area contributed by atoms with Crippen LogP contribution in [0.1, 0.15) is 96.6 Å². The Balaban J connectivity index is 1.23. The van der Waals surface area contributed by atoms with E-state index in [4.69, 9.17) is 28.3 Å². The van der Waals surface area contributed by atoms with Gasteiger partial charge in [0.15, 0.2) is 5.75 Å². The SMILES string of the molecule is CC(C)(C)OC(=O)Oc1c(CCB2O[C@@H]3C[C@@H]4C[C@@H](C4(C)C)[C@]3(C)O2)ccc(OC2CN(C(=O)Cc3ccccc3)C2)c1C(=O)OC(C)(C)C. The van der Waals surface area contributed by atoms with Crippen LogP contribution in [0.5, 0.6) is 11.5 Å². The number of hydrogen-bond acceptors (Lipinski definition) is 9. The number of esters is 1. The summed E-state index contributed by atoms with van der Waals surface area (Å²) in [4.78, 5) is 41.7. The lowest BCUT2D eigenvalue weighted by atomic mass is 9.43. The quantitative estimate of drug-likeness (QED) is 0.155. The molecule has 2 heterocycles. The molecule has 270 valence electrons. The van der Waals surface area contributed by atoms with Crippen LogP contribution < -0.4 is 9.47 Å². The average molecular weight is 690 g/mol. The van der Waals surface area contributed by atoms with Gasteiger partial charge in [-0.2, -0.15) is 0 Å². The van der Waals surface area contributed by atoms with E-state index in [2.05, 4.69) is 20.8 Å². The molecular formula is C39H52BNO9. The Kier molecular flexibility index (Phi) is 9.57. The van der Waals surface area contributed by atoms with Gasteiger partial charge < -0.3 is 33.2 Å². The number of aryl methyl sites for hydroxylation is 1. The second-order valence-electron chi connectivity index (χ2n) is 17.1. The van der Waals surface area contributed by atoms with Gasteiger partial charge in [0.2, 0.25) is 5.91 Å². The molecule has 2 aromatic rings. The van der Waals surface area contributed by atoms with E-state index in [1.54, 1.807) is 58.6 Å². The number of hydrogen-bond donors (Lipinski definition) is 0. The molecule has 4 atom stereocenters. The van der Waals surface area contributed by atoms with Crippen LogP contribution in [0.4, 0.5) is 4.79 Å². The molecule has 2 aliphatic heterocycles. The summed E-state index contributed by atoms with van der Waals surface area (Å²) < 4.78 is 36.7. The number of carbonyl (C=O) groups excluding carboxylic acids is 3. The fourth-order valence-corrected chi connectivity index (χ4v) is 8.02. The molecule has 2 bridgehead atoms. The maximum absolute atomic E-state index is 13.9. The summed E-state index contributed by atoms with van der Waals surface area (Å²) in [5.41, 5.74) is -0.264. The first-order valence-electron chi connectivity index (χ1n) is 17.9. The molecular weight excluding hydrogens is 637 g/mol. The average Bonchev–Trinajstić information content (AvgIpc) is 3.32. The molecule has 10 nitrogen and oxygen atoms in total. The number of ether oxygens (including phenoxy) is 4. The molecule has 0 radical (unpaired) electrons. The molecule has 5 aliphatic rings. The molecule has 50 heavy (non-hydrogen) atoms. The topological polar surface area (TPSA) is 110 Å². The number of amides is 1. The third-order valence-electron chi connectivity index (χ3n) is 10.7. The number of rotatable bonds is 9. The molecule has 5 fully saturated rings. The third kappa shape index (κ3) is 7.54. The largest absolute Gasteiger partial charge is 0.514 e. The van der Waals surface area contributed by atoms with Crippen molar-refractivity contribution in [3.63, 3.8) is 0 Å². The van der Waals surface area contributed by atoms with Crippen LogP contribution in [0.3, 0.4) is 0 Å². The fourth-order valence-electron chi connectivity index (χ4n) is 8.02. The van der Waals surface area contributed by atoms with Crippen LogP contribution in [0, 0.1) is 17.3 Å². The molecule has 3 saturated carbocycles. The molecule has 2 saturated heterocycles. The highest BCUT2D eigenvalue weighted by Crippen LogP contribution is 2.65. The summed E-state index contributed by atoms with van der Waals surface area (Å²) in [6, 6.07) is 13.1. The standard InChI is InChI=1S/C39H52BNO9/c1-36(2,3)47-34(43)32-28(45-27-22-41(23-27)31(42)19-24-13-11-10-12-14-24)16-15-25(33(32)46-35(44)48-37(4,5)6)17-18-40-49-30-21-26-20-29(38(26,7)8)39(30,9)50-40/h10-16,26-27,29-30H,17-23H2,1-9H3/t26-,29-,30+,39-/m0/s1. The Hall–Kier alpha value is -3.57. The second kappa shape index (κ2) is 13.2. The van der Waals surface area contributed by atoms with Gasteiger partial charge in [-0.1, -0.05) is 50.2 Å². The maximum atomic E-state index is 13.9. The Bertz CT molecular complexity index is 1610. The van der Waals surface area contributed by atoms with E-state index in [-0.39, 0.29) is 46.2 Å². The maximum Gasteiger partial charge on any atom is 0.514 e. The molecule has 0 spiro atoms. The number of nitrogens with zero attached hydrogens (tertiary/aromatic N) is 1. The highest BCUT2D eigenvalue weighted by atomic mass is 16.7. The lowest BCUT2D eigenvalue weighted by Crippen LogP contribution is -2.65. The lowest BCUT2D eigenvalue weighted by molar-refractivity contribution is -0.199. The van der Waals surface area contributed by atoms with Crippen molar-refractivity contribution in [1.82, 2.24) is 4.90 Å². The van der Waals surface area contributed by atoms with Crippen molar-refractivity contribution in [2.24, 2.45) is 17.3 Å². The van der Waals surface area contributed by atoms with Gasteiger partial charge >= 0.3 is 19.2 Å². The Morgan fingerprint density at radius 1 is 0.920 bits per heavy atom. The third-order valence-corrected chi connectivity index (χ3v) is 10.7. The van der Waals surface area contributed by atoms with Crippen molar-refractivity contribution in [3.8, 4) is 11.5 Å². The first-order chi connectivity index (χ1) is 23.3. The smallest absolute Gasteiger partial charge is 0.486 e. The molecule has 1 amide bonds. The molecule has 3 aliphatic carbocycles. The van der Waals surface area contributed by atoms with Crippen molar-refractivity contribution >= 4 is 25.2 Å². The van der Waals surface area contributed by atoms with Crippen LogP contribution in [-0.4, -0.2) is 72.2 Å². The summed E-state index contributed by atoms with van der Waals surface area (Å²) in [6.45, 7) is 18.1. The summed E-state index contributed by atoms with van der Waals surface area (Å²) in [6.07, 6.45) is 2.04. The van der Waals surface area contributed by atoms with E-state index in [0.29, 0.717) is 49.7 Å². The summed E-state index contributed by atoms with van der Waals surface area (Å²) in [5, 5.41) is 0. The van der Waals surface area contributed by atoms with Crippen LogP contribution in [-0.2, 0) is 36.4 Å². The molecule has 11 heteroatoms. The second-order valence-corrected chi connectivity index (χ2v) is 17.1. The van der Waals surface area contributed by atoms with Gasteiger partial charge in [-0.15, -0.1) is 0 Å². The Morgan fingerprint density at radius 2 is 1.60 bits per heavy atom. The monoisotopic (exact) mass is 689 g/mol. The zero-order chi connectivity index (χ0) is 36.2. The van der Waals surface area contributed by atoms with Crippen LogP contribution in [0.2, 0.25) is 6.32 Å². The van der Waals surface area contributed by atoms with E-state index in [1.807, 2.05) is 30.3 Å². The molecule has 2 aromatic carbocycles. The fraction of sp³-hybridized carbons (Fsp3) is 0.615. The van der Waals surface area contributed by atoms with E-state index >= 15 is 0 Å². The first-order valence-corrected chi connectivity index (χ1v) is 17.9. The Morgan fingerprint density at radius 3 is 2.24 bits per heavy atom. The van der Waals surface area contributed by atoms with Crippen molar-refractivity contribution in [2.45, 2.75) is 123 Å². The Labute approximate surface area is 296 Å². The van der Waals surface area contributed by atoms with E-state index < -0.39 is 30.4 Å². The van der Waals surface area contributed by atoms with Crippen molar-refractivity contribution < 1.29 is 42.6 Å². The van der Waals surface area contributed by atoms with Gasteiger partial charge in [-0.25, -0.2) is 9.59 Å². The van der Waals surface area contributed by atoms with Crippen LogP contribution >= 0.6 is 0 Å². The van der Waals surface area contributed by atoms with Crippen molar-refractivity contribution in [1.29, 1.82) is 0 Å². The lowest BCUT2D eigenvalue weighted by Gasteiger charge is -2.64. The highest BCUT2D eigenvalue weighted by molar-refractivity contribution is 6.45. The van der Waals surface area contributed by atoms with Gasteiger partial charge in [0.05, 0.1) is 31.2 Å². The normalized spacial score (nSPS) is 25.6. The van der Waals surface area contributed by atoms with Crippen molar-refractivity contribution in [3.05, 3.63) is 59.2 Å². The number of carbonyl (C=O) groups is 3. The molecule has 0 unspecified atom stereocenters. The van der Waals surface area contributed by atoms with E-state index in [9.17, 15) is 14.4 Å². The zero-order valence-electron chi connectivity index (χ0n) is 31.0. The summed E-state index contributed by atoms with van der Waals surface area (Å²) in [7, 11) is -0.440. The number of benzene rings is 2. The van der Waals surface area contributed by atoms with Gasteiger partial charge in [0.1, 0.15) is 28.6 Å². The molecule has 0 aromatic heterocycles. The van der Waals surface area contributed by atoms with Gasteiger partial charge in [0, 0.05) is 0 Å². The minimum atomic E-state index is -0.948. The summed E-state index contributed by atoms with van der Waals surface area (Å²) in [5.74, 6) is 0.594. The van der Waals surface area contributed by atoms with E-state index in [0.717, 1.165) is 18.4 Å². The van der Waals surface area contributed by atoms with Gasteiger partial charge in [0.25, 0.3) is 0 Å².